The predicted molar refractivity (Wildman–Crippen MR) is 76.3 cm³/mol. The maximum absolute atomic E-state index is 11.3. The molecular weight excluding hydrogens is 268 g/mol. The Labute approximate surface area is 120 Å². The third-order valence-electron chi connectivity index (χ3n) is 3.04. The summed E-state index contributed by atoms with van der Waals surface area (Å²) in [5, 5.41) is 21.5. The number of aromatic carboxylic acids is 1. The highest BCUT2D eigenvalue weighted by Gasteiger charge is 2.15. The van der Waals surface area contributed by atoms with Crippen molar-refractivity contribution in [2.45, 2.75) is 6.92 Å². The average molecular weight is 280 g/mol. The van der Waals surface area contributed by atoms with E-state index in [1.54, 1.807) is 18.2 Å². The molecule has 0 unspecified atom stereocenters. The molecule has 2 aromatic carbocycles. The Morgan fingerprint density at radius 2 is 1.90 bits per heavy atom. The Hall–Kier alpha value is -3.02. The monoisotopic (exact) mass is 280 g/mol. The van der Waals surface area contributed by atoms with Crippen LogP contribution in [0.15, 0.2) is 48.5 Å². The first kappa shape index (κ1) is 13.0. The maximum atomic E-state index is 11.3. The van der Waals surface area contributed by atoms with Crippen molar-refractivity contribution >= 4 is 5.97 Å². The molecule has 6 nitrogen and oxygen atoms in total. The van der Waals surface area contributed by atoms with Gasteiger partial charge in [0.05, 0.1) is 5.56 Å². The molecule has 0 saturated heterocycles. The summed E-state index contributed by atoms with van der Waals surface area (Å²) in [5.74, 6) is -0.572. The molecule has 1 heterocycles. The lowest BCUT2D eigenvalue weighted by Gasteiger charge is -2.04. The van der Waals surface area contributed by atoms with Gasteiger partial charge >= 0.3 is 5.97 Å². The van der Waals surface area contributed by atoms with Crippen LogP contribution >= 0.6 is 0 Å². The van der Waals surface area contributed by atoms with Crippen LogP contribution in [-0.4, -0.2) is 31.3 Å². The van der Waals surface area contributed by atoms with Crippen molar-refractivity contribution < 1.29 is 9.90 Å². The van der Waals surface area contributed by atoms with Crippen LogP contribution in [-0.2, 0) is 0 Å². The summed E-state index contributed by atoms with van der Waals surface area (Å²) in [6.45, 7) is 1.88. The Kier molecular flexibility index (Phi) is 3.19. The van der Waals surface area contributed by atoms with E-state index in [0.717, 1.165) is 11.1 Å². The van der Waals surface area contributed by atoms with Crippen LogP contribution in [0.25, 0.3) is 17.1 Å². The van der Waals surface area contributed by atoms with Gasteiger partial charge in [-0.3, -0.25) is 0 Å². The minimum Gasteiger partial charge on any atom is -0.478 e. The molecule has 6 heteroatoms. The van der Waals surface area contributed by atoms with Gasteiger partial charge in [-0.15, -0.1) is 15.0 Å². The first-order valence-corrected chi connectivity index (χ1v) is 6.35. The summed E-state index contributed by atoms with van der Waals surface area (Å²) in [5.41, 5.74) is 2.29. The van der Waals surface area contributed by atoms with Crippen LogP contribution in [0.4, 0.5) is 0 Å². The highest BCUT2D eigenvalue weighted by Crippen LogP contribution is 2.18. The van der Waals surface area contributed by atoms with Crippen molar-refractivity contribution in [3.8, 4) is 17.1 Å². The molecule has 0 saturated carbocycles. The second-order valence-corrected chi connectivity index (χ2v) is 4.59. The number of carboxylic acid groups (broad SMARTS) is 1. The van der Waals surface area contributed by atoms with Crippen LogP contribution in [0.1, 0.15) is 15.9 Å². The third kappa shape index (κ3) is 2.51. The Bertz CT molecular complexity index is 796. The molecule has 0 aliphatic rings. The molecule has 1 aromatic heterocycles. The lowest BCUT2D eigenvalue weighted by Crippen LogP contribution is -2.08. The van der Waals surface area contributed by atoms with Crippen molar-refractivity contribution in [3.63, 3.8) is 0 Å². The fourth-order valence-electron chi connectivity index (χ4n) is 2.01. The number of nitrogens with zero attached hydrogens (tertiary/aromatic N) is 4. The van der Waals surface area contributed by atoms with Gasteiger partial charge < -0.3 is 5.11 Å². The lowest BCUT2D eigenvalue weighted by molar-refractivity contribution is 0.0696. The zero-order chi connectivity index (χ0) is 14.8. The van der Waals surface area contributed by atoms with Crippen molar-refractivity contribution in [1.82, 2.24) is 20.2 Å². The van der Waals surface area contributed by atoms with Gasteiger partial charge in [-0.05, 0) is 29.8 Å². The van der Waals surface area contributed by atoms with Gasteiger partial charge in [0.25, 0.3) is 0 Å². The zero-order valence-corrected chi connectivity index (χ0v) is 11.3. The molecular formula is C15H12N4O2. The van der Waals surface area contributed by atoms with E-state index in [1.807, 2.05) is 37.3 Å². The van der Waals surface area contributed by atoms with Crippen molar-refractivity contribution in [2.75, 3.05) is 0 Å². The summed E-state index contributed by atoms with van der Waals surface area (Å²) < 4.78 is 0. The topological polar surface area (TPSA) is 80.9 Å². The van der Waals surface area contributed by atoms with E-state index in [9.17, 15) is 9.90 Å². The molecule has 0 amide bonds. The van der Waals surface area contributed by atoms with E-state index in [-0.39, 0.29) is 5.56 Å². The van der Waals surface area contributed by atoms with Gasteiger partial charge in [0.15, 0.2) is 0 Å². The number of hydrogen-bond acceptors (Lipinski definition) is 4. The molecule has 0 spiro atoms. The largest absolute Gasteiger partial charge is 0.478 e. The number of carbonyl (C=O) groups is 1. The van der Waals surface area contributed by atoms with Gasteiger partial charge in [0.2, 0.25) is 5.82 Å². The van der Waals surface area contributed by atoms with E-state index in [4.69, 9.17) is 0 Å². The lowest BCUT2D eigenvalue weighted by atomic mass is 10.1. The highest BCUT2D eigenvalue weighted by molar-refractivity contribution is 5.91. The summed E-state index contributed by atoms with van der Waals surface area (Å²) >= 11 is 0. The molecule has 0 radical (unpaired) electrons. The Balaban J connectivity index is 2.08. The normalized spacial score (nSPS) is 10.5. The van der Waals surface area contributed by atoms with Gasteiger partial charge in [0, 0.05) is 5.56 Å². The molecule has 0 fully saturated rings. The Morgan fingerprint density at radius 3 is 2.62 bits per heavy atom. The summed E-state index contributed by atoms with van der Waals surface area (Å²) in [6.07, 6.45) is 0. The molecule has 0 bridgehead atoms. The molecule has 1 N–H and O–H groups in total. The van der Waals surface area contributed by atoms with E-state index in [1.165, 1.54) is 4.80 Å². The molecule has 0 aliphatic carbocycles. The third-order valence-corrected chi connectivity index (χ3v) is 3.04. The minimum absolute atomic E-state index is 0.137. The van der Waals surface area contributed by atoms with Crippen LogP contribution in [0, 0.1) is 6.92 Å². The van der Waals surface area contributed by atoms with Gasteiger partial charge in [0.1, 0.15) is 5.69 Å². The van der Waals surface area contributed by atoms with E-state index in [2.05, 4.69) is 15.4 Å². The zero-order valence-electron chi connectivity index (χ0n) is 11.3. The Morgan fingerprint density at radius 1 is 1.14 bits per heavy atom. The molecule has 21 heavy (non-hydrogen) atoms. The number of aryl methyl sites for hydroxylation is 1. The molecule has 104 valence electrons. The van der Waals surface area contributed by atoms with Crippen molar-refractivity contribution in [3.05, 3.63) is 59.7 Å². The van der Waals surface area contributed by atoms with E-state index in [0.29, 0.717) is 11.5 Å². The standard InChI is InChI=1S/C15H12N4O2/c1-10-7-8-12(15(20)21)13(9-10)19-17-14(16-18-19)11-5-3-2-4-6-11/h2-9H,1H3,(H,20,21). The molecule has 3 rings (SSSR count). The number of aromatic nitrogens is 4. The minimum atomic E-state index is -1.02. The molecule has 0 aliphatic heterocycles. The van der Waals surface area contributed by atoms with Gasteiger partial charge in [-0.1, -0.05) is 36.4 Å². The predicted octanol–water partition coefficient (Wildman–Crippen LogP) is 2.34. The molecule has 3 aromatic rings. The number of benzene rings is 2. The number of rotatable bonds is 3. The fraction of sp³-hybridized carbons (Fsp3) is 0.0667. The second-order valence-electron chi connectivity index (χ2n) is 4.59. The first-order valence-electron chi connectivity index (χ1n) is 6.35. The first-order chi connectivity index (χ1) is 10.1. The fourth-order valence-corrected chi connectivity index (χ4v) is 2.01. The summed E-state index contributed by atoms with van der Waals surface area (Å²) in [7, 11) is 0. The quantitative estimate of drug-likeness (QED) is 0.796. The molecule has 0 atom stereocenters. The maximum Gasteiger partial charge on any atom is 0.337 e. The van der Waals surface area contributed by atoms with Gasteiger partial charge in [-0.25, -0.2) is 4.79 Å². The SMILES string of the molecule is Cc1ccc(C(=O)O)c(-n2nnc(-c3ccccc3)n2)c1. The van der Waals surface area contributed by atoms with E-state index >= 15 is 0 Å². The summed E-state index contributed by atoms with van der Waals surface area (Å²) in [4.78, 5) is 12.5. The smallest absolute Gasteiger partial charge is 0.337 e. The average Bonchev–Trinajstić information content (AvgIpc) is 2.97. The number of hydrogen-bond donors (Lipinski definition) is 1. The van der Waals surface area contributed by atoms with Crippen LogP contribution in [0.3, 0.4) is 0 Å². The van der Waals surface area contributed by atoms with Crippen LogP contribution in [0.2, 0.25) is 0 Å². The number of tetrazole rings is 1. The van der Waals surface area contributed by atoms with Crippen molar-refractivity contribution in [1.29, 1.82) is 0 Å². The number of carboxylic acids is 1. The highest BCUT2D eigenvalue weighted by atomic mass is 16.4. The second kappa shape index (κ2) is 5.16. The van der Waals surface area contributed by atoms with Crippen LogP contribution in [0.5, 0.6) is 0 Å². The van der Waals surface area contributed by atoms with E-state index < -0.39 is 5.97 Å². The van der Waals surface area contributed by atoms with Crippen LogP contribution < -0.4 is 0 Å². The van der Waals surface area contributed by atoms with Crippen molar-refractivity contribution in [2.24, 2.45) is 0 Å². The summed E-state index contributed by atoms with van der Waals surface area (Å²) in [6, 6.07) is 14.4. The van der Waals surface area contributed by atoms with Gasteiger partial charge in [-0.2, -0.15) is 0 Å².